The lowest BCUT2D eigenvalue weighted by molar-refractivity contribution is 0.0997. The van der Waals surface area contributed by atoms with Gasteiger partial charge in [0.1, 0.15) is 0 Å². The molecule has 0 amide bonds. The molecular formula is C12H27O3P. The van der Waals surface area contributed by atoms with Crippen LogP contribution in [0.15, 0.2) is 0 Å². The summed E-state index contributed by atoms with van der Waals surface area (Å²) in [6.07, 6.45) is 8.05. The van der Waals surface area contributed by atoms with E-state index >= 15 is 0 Å². The topological polar surface area (TPSA) is 49.7 Å². The van der Waals surface area contributed by atoms with E-state index in [9.17, 15) is 0 Å². The summed E-state index contributed by atoms with van der Waals surface area (Å²) in [5.41, 5.74) is 0.151. The van der Waals surface area contributed by atoms with Crippen molar-refractivity contribution in [2.24, 2.45) is 5.41 Å². The van der Waals surface area contributed by atoms with E-state index in [1.165, 1.54) is 25.7 Å². The van der Waals surface area contributed by atoms with Crippen LogP contribution in [0.25, 0.3) is 0 Å². The molecule has 0 spiro atoms. The van der Waals surface area contributed by atoms with Gasteiger partial charge in [0.05, 0.1) is 6.61 Å². The zero-order chi connectivity index (χ0) is 12.4. The van der Waals surface area contributed by atoms with E-state index in [1.807, 2.05) is 0 Å². The molecule has 0 aliphatic carbocycles. The van der Waals surface area contributed by atoms with Crippen LogP contribution in [0.4, 0.5) is 0 Å². The highest BCUT2D eigenvalue weighted by molar-refractivity contribution is 7.39. The van der Waals surface area contributed by atoms with E-state index < -0.39 is 8.60 Å². The Hall–Kier alpha value is 0.310. The smallest absolute Gasteiger partial charge is 0.327 e. The SMILES string of the molecule is CCCCC(CC)(CCCC)COP(O)O. The van der Waals surface area contributed by atoms with Gasteiger partial charge in [-0.3, -0.25) is 0 Å². The van der Waals surface area contributed by atoms with Crippen LogP contribution in [0.2, 0.25) is 0 Å². The normalized spacial score (nSPS) is 12.4. The Balaban J connectivity index is 4.27. The molecule has 2 N–H and O–H groups in total. The van der Waals surface area contributed by atoms with Gasteiger partial charge in [-0.2, -0.15) is 0 Å². The zero-order valence-electron chi connectivity index (χ0n) is 10.9. The highest BCUT2D eigenvalue weighted by Gasteiger charge is 2.28. The van der Waals surface area contributed by atoms with Crippen molar-refractivity contribution in [1.29, 1.82) is 0 Å². The average Bonchev–Trinajstić information content (AvgIpc) is 2.29. The van der Waals surface area contributed by atoms with Gasteiger partial charge in [0, 0.05) is 0 Å². The van der Waals surface area contributed by atoms with Crippen molar-refractivity contribution < 1.29 is 14.3 Å². The molecule has 0 bridgehead atoms. The lowest BCUT2D eigenvalue weighted by atomic mass is 9.77. The van der Waals surface area contributed by atoms with Crippen molar-refractivity contribution >= 4 is 8.60 Å². The number of hydrogen-bond acceptors (Lipinski definition) is 3. The molecule has 0 atom stereocenters. The first-order valence-corrected chi connectivity index (χ1v) is 7.57. The minimum Gasteiger partial charge on any atom is -0.328 e. The van der Waals surface area contributed by atoms with Gasteiger partial charge in [-0.1, -0.05) is 46.5 Å². The minimum atomic E-state index is -2.20. The molecule has 0 aliphatic heterocycles. The molecule has 4 heteroatoms. The lowest BCUT2D eigenvalue weighted by Gasteiger charge is -2.32. The summed E-state index contributed by atoms with van der Waals surface area (Å²) in [6, 6.07) is 0. The summed E-state index contributed by atoms with van der Waals surface area (Å²) >= 11 is 0. The number of unbranched alkanes of at least 4 members (excludes halogenated alkanes) is 2. The van der Waals surface area contributed by atoms with Crippen molar-refractivity contribution in [1.82, 2.24) is 0 Å². The minimum absolute atomic E-state index is 0.151. The third kappa shape index (κ3) is 6.80. The number of hydrogen-bond donors (Lipinski definition) is 2. The molecule has 0 unspecified atom stereocenters. The Labute approximate surface area is 101 Å². The van der Waals surface area contributed by atoms with Crippen molar-refractivity contribution in [3.05, 3.63) is 0 Å². The molecule has 0 saturated heterocycles. The van der Waals surface area contributed by atoms with Gasteiger partial charge in [-0.05, 0) is 24.7 Å². The largest absolute Gasteiger partial charge is 0.328 e. The summed E-state index contributed by atoms with van der Waals surface area (Å²) in [5.74, 6) is 0. The Bertz CT molecular complexity index is 154. The van der Waals surface area contributed by atoms with Crippen LogP contribution in [0.5, 0.6) is 0 Å². The fourth-order valence-electron chi connectivity index (χ4n) is 2.02. The van der Waals surface area contributed by atoms with Crippen molar-refractivity contribution in [3.8, 4) is 0 Å². The first-order chi connectivity index (χ1) is 7.60. The van der Waals surface area contributed by atoms with E-state index in [0.29, 0.717) is 6.61 Å². The Morgan fingerprint density at radius 1 is 1.00 bits per heavy atom. The highest BCUT2D eigenvalue weighted by Crippen LogP contribution is 2.38. The van der Waals surface area contributed by atoms with Crippen LogP contribution in [-0.4, -0.2) is 16.4 Å². The molecule has 16 heavy (non-hydrogen) atoms. The molecule has 0 rings (SSSR count). The molecule has 0 saturated carbocycles. The molecule has 0 fully saturated rings. The molecule has 0 aliphatic rings. The molecule has 0 aromatic carbocycles. The highest BCUT2D eigenvalue weighted by atomic mass is 31.2. The van der Waals surface area contributed by atoms with Crippen molar-refractivity contribution in [3.63, 3.8) is 0 Å². The van der Waals surface area contributed by atoms with E-state index in [0.717, 1.165) is 19.3 Å². The standard InChI is InChI=1S/C12H27O3P/c1-4-7-9-12(6-3,10-8-5-2)11-15-16(13)14/h13-14H,4-11H2,1-3H3. The maximum absolute atomic E-state index is 8.86. The molecule has 98 valence electrons. The van der Waals surface area contributed by atoms with Gasteiger partial charge in [0.25, 0.3) is 0 Å². The third-order valence-corrected chi connectivity index (χ3v) is 3.72. The van der Waals surface area contributed by atoms with Crippen molar-refractivity contribution in [2.75, 3.05) is 6.61 Å². The second-order valence-corrected chi connectivity index (χ2v) is 5.35. The van der Waals surface area contributed by atoms with E-state index in [1.54, 1.807) is 0 Å². The van der Waals surface area contributed by atoms with E-state index in [2.05, 4.69) is 20.8 Å². The predicted molar refractivity (Wildman–Crippen MR) is 69.1 cm³/mol. The van der Waals surface area contributed by atoms with Gasteiger partial charge in [-0.15, -0.1) is 0 Å². The average molecular weight is 250 g/mol. The fourth-order valence-corrected chi connectivity index (χ4v) is 2.41. The third-order valence-electron chi connectivity index (χ3n) is 3.36. The monoisotopic (exact) mass is 250 g/mol. The molecule has 0 heterocycles. The van der Waals surface area contributed by atoms with E-state index in [-0.39, 0.29) is 5.41 Å². The van der Waals surface area contributed by atoms with Gasteiger partial charge in [-0.25, -0.2) is 0 Å². The summed E-state index contributed by atoms with van der Waals surface area (Å²) in [6.45, 7) is 7.03. The Morgan fingerprint density at radius 2 is 1.50 bits per heavy atom. The maximum Gasteiger partial charge on any atom is 0.327 e. The second kappa shape index (κ2) is 9.35. The van der Waals surface area contributed by atoms with E-state index in [4.69, 9.17) is 14.3 Å². The summed E-state index contributed by atoms with van der Waals surface area (Å²) < 4.78 is 5.07. The van der Waals surface area contributed by atoms with Crippen LogP contribution in [0.3, 0.4) is 0 Å². The number of rotatable bonds is 10. The summed E-state index contributed by atoms with van der Waals surface area (Å²) in [4.78, 5) is 17.7. The quantitative estimate of drug-likeness (QED) is 0.576. The van der Waals surface area contributed by atoms with Crippen LogP contribution in [0.1, 0.15) is 65.7 Å². The van der Waals surface area contributed by atoms with Crippen LogP contribution >= 0.6 is 8.60 Å². The summed E-state index contributed by atoms with van der Waals surface area (Å²) in [7, 11) is -2.20. The lowest BCUT2D eigenvalue weighted by Crippen LogP contribution is -2.25. The summed E-state index contributed by atoms with van der Waals surface area (Å²) in [5, 5.41) is 0. The predicted octanol–water partition coefficient (Wildman–Crippen LogP) is 3.99. The van der Waals surface area contributed by atoms with Gasteiger partial charge in [0.15, 0.2) is 0 Å². The van der Waals surface area contributed by atoms with Crippen LogP contribution < -0.4 is 0 Å². The molecule has 0 radical (unpaired) electrons. The van der Waals surface area contributed by atoms with Crippen LogP contribution in [-0.2, 0) is 4.52 Å². The Morgan fingerprint density at radius 3 is 1.81 bits per heavy atom. The first kappa shape index (κ1) is 16.3. The zero-order valence-corrected chi connectivity index (χ0v) is 11.8. The molecule has 3 nitrogen and oxygen atoms in total. The fraction of sp³-hybridized carbons (Fsp3) is 1.00. The van der Waals surface area contributed by atoms with Gasteiger partial charge < -0.3 is 14.3 Å². The Kier molecular flexibility index (Phi) is 9.53. The van der Waals surface area contributed by atoms with Crippen LogP contribution in [0, 0.1) is 5.41 Å². The second-order valence-electron chi connectivity index (χ2n) is 4.59. The molecule has 0 aromatic rings. The van der Waals surface area contributed by atoms with Gasteiger partial charge in [0.2, 0.25) is 0 Å². The maximum atomic E-state index is 8.86. The molecular weight excluding hydrogens is 223 g/mol. The van der Waals surface area contributed by atoms with Crippen molar-refractivity contribution in [2.45, 2.75) is 65.7 Å². The van der Waals surface area contributed by atoms with Gasteiger partial charge >= 0.3 is 8.60 Å². The first-order valence-electron chi connectivity index (χ1n) is 6.41. The molecule has 0 aromatic heterocycles.